The highest BCUT2D eigenvalue weighted by molar-refractivity contribution is 9.10. The highest BCUT2D eigenvalue weighted by atomic mass is 79.9. The van der Waals surface area contributed by atoms with Gasteiger partial charge in [0.1, 0.15) is 5.82 Å². The lowest BCUT2D eigenvalue weighted by atomic mass is 10.1. The molecule has 1 unspecified atom stereocenters. The molecule has 4 nitrogen and oxygen atoms in total. The van der Waals surface area contributed by atoms with Crippen molar-refractivity contribution in [1.82, 2.24) is 9.88 Å². The zero-order valence-corrected chi connectivity index (χ0v) is 14.8. The van der Waals surface area contributed by atoms with E-state index in [0.29, 0.717) is 10.9 Å². The molecule has 1 aromatic heterocycles. The number of anilines is 1. The van der Waals surface area contributed by atoms with Crippen molar-refractivity contribution in [2.24, 2.45) is 5.92 Å². The van der Waals surface area contributed by atoms with E-state index < -0.39 is 0 Å². The zero-order valence-electron chi connectivity index (χ0n) is 11.6. The summed E-state index contributed by atoms with van der Waals surface area (Å²) in [5, 5.41) is 0.631. The summed E-state index contributed by atoms with van der Waals surface area (Å²) in [6.45, 7) is 3.33. The summed E-state index contributed by atoms with van der Waals surface area (Å²) in [5.74, 6) is 3.27. The number of carbonyl (C=O) groups is 1. The summed E-state index contributed by atoms with van der Waals surface area (Å²) in [6.07, 6.45) is 2.63. The molecule has 0 radical (unpaired) electrons. The molecule has 1 aromatic rings. The van der Waals surface area contributed by atoms with Crippen LogP contribution in [0.15, 0.2) is 16.7 Å². The Hall–Kier alpha value is -0.460. The van der Waals surface area contributed by atoms with Crippen LogP contribution in [-0.2, 0) is 4.79 Å². The van der Waals surface area contributed by atoms with Gasteiger partial charge in [0.05, 0.1) is 10.9 Å². The minimum Gasteiger partial charge on any atom is -0.355 e. The van der Waals surface area contributed by atoms with E-state index in [1.54, 1.807) is 6.20 Å². The summed E-state index contributed by atoms with van der Waals surface area (Å²) in [7, 11) is 0. The molecule has 0 N–H and O–H groups in total. The lowest BCUT2D eigenvalue weighted by molar-refractivity contribution is -0.134. The van der Waals surface area contributed by atoms with Crippen LogP contribution < -0.4 is 4.90 Å². The third-order valence-electron chi connectivity index (χ3n) is 3.95. The summed E-state index contributed by atoms with van der Waals surface area (Å²) in [5.41, 5.74) is 0. The monoisotopic (exact) mass is 389 g/mol. The van der Waals surface area contributed by atoms with E-state index in [1.165, 1.54) is 0 Å². The van der Waals surface area contributed by atoms with Crippen LogP contribution in [0.25, 0.3) is 0 Å². The number of hydrogen-bond acceptors (Lipinski definition) is 4. The first-order valence-corrected chi connectivity index (χ1v) is 9.40. The molecule has 2 aliphatic rings. The quantitative estimate of drug-likeness (QED) is 0.778. The molecule has 2 saturated heterocycles. The largest absolute Gasteiger partial charge is 0.355 e. The minimum absolute atomic E-state index is 0.0783. The van der Waals surface area contributed by atoms with Gasteiger partial charge in [-0.05, 0) is 28.4 Å². The van der Waals surface area contributed by atoms with Gasteiger partial charge in [0, 0.05) is 48.4 Å². The standard InChI is InChI=1S/C14H17BrClN3OS/c15-11-7-12(16)13(17-8-11)19-2-1-10(9-19)14(20)18-3-5-21-6-4-18/h7-8,10H,1-6,9H2. The maximum atomic E-state index is 12.5. The van der Waals surface area contributed by atoms with Crippen molar-refractivity contribution in [3.63, 3.8) is 0 Å². The molecule has 0 aliphatic carbocycles. The number of aromatic nitrogens is 1. The van der Waals surface area contributed by atoms with E-state index in [9.17, 15) is 4.79 Å². The molecule has 2 aliphatic heterocycles. The fraction of sp³-hybridized carbons (Fsp3) is 0.571. The molecule has 1 atom stereocenters. The number of carbonyl (C=O) groups excluding carboxylic acids is 1. The first-order chi connectivity index (χ1) is 10.1. The Bertz CT molecular complexity index is 539. The van der Waals surface area contributed by atoms with E-state index in [-0.39, 0.29) is 5.92 Å². The van der Waals surface area contributed by atoms with Crippen molar-refractivity contribution >= 4 is 51.0 Å². The molecule has 2 fully saturated rings. The molecule has 0 aromatic carbocycles. The summed E-state index contributed by atoms with van der Waals surface area (Å²) >= 11 is 11.5. The topological polar surface area (TPSA) is 36.4 Å². The highest BCUT2D eigenvalue weighted by Crippen LogP contribution is 2.31. The average molecular weight is 391 g/mol. The van der Waals surface area contributed by atoms with Gasteiger partial charge in [-0.25, -0.2) is 4.98 Å². The number of amides is 1. The van der Waals surface area contributed by atoms with Crippen LogP contribution >= 0.6 is 39.3 Å². The van der Waals surface area contributed by atoms with Gasteiger partial charge >= 0.3 is 0 Å². The van der Waals surface area contributed by atoms with Crippen LogP contribution in [0.5, 0.6) is 0 Å². The number of pyridine rings is 1. The molecular weight excluding hydrogens is 374 g/mol. The molecular formula is C14H17BrClN3OS. The fourth-order valence-electron chi connectivity index (χ4n) is 2.84. The van der Waals surface area contributed by atoms with Crippen molar-refractivity contribution in [2.75, 3.05) is 42.6 Å². The van der Waals surface area contributed by atoms with E-state index >= 15 is 0 Å². The summed E-state index contributed by atoms with van der Waals surface area (Å²) < 4.78 is 0.869. The van der Waals surface area contributed by atoms with Crippen molar-refractivity contribution in [3.8, 4) is 0 Å². The van der Waals surface area contributed by atoms with Gasteiger partial charge in [-0.2, -0.15) is 11.8 Å². The van der Waals surface area contributed by atoms with Crippen LogP contribution in [-0.4, -0.2) is 53.5 Å². The van der Waals surface area contributed by atoms with Crippen molar-refractivity contribution < 1.29 is 4.79 Å². The van der Waals surface area contributed by atoms with Crippen LogP contribution in [0.3, 0.4) is 0 Å². The molecule has 0 bridgehead atoms. The smallest absolute Gasteiger partial charge is 0.227 e. The first-order valence-electron chi connectivity index (χ1n) is 7.07. The van der Waals surface area contributed by atoms with Crippen molar-refractivity contribution in [1.29, 1.82) is 0 Å². The molecule has 114 valence electrons. The third-order valence-corrected chi connectivity index (χ3v) is 5.60. The third kappa shape index (κ3) is 3.48. The van der Waals surface area contributed by atoms with Crippen LogP contribution in [0, 0.1) is 5.92 Å². The second-order valence-electron chi connectivity index (χ2n) is 5.33. The lowest BCUT2D eigenvalue weighted by Crippen LogP contribution is -2.42. The van der Waals surface area contributed by atoms with Gasteiger partial charge in [-0.1, -0.05) is 11.6 Å². The Kier molecular flexibility index (Phi) is 4.96. The van der Waals surface area contributed by atoms with Gasteiger partial charge in [0.2, 0.25) is 5.91 Å². The second kappa shape index (κ2) is 6.75. The fourth-order valence-corrected chi connectivity index (χ4v) is 4.49. The second-order valence-corrected chi connectivity index (χ2v) is 7.88. The van der Waals surface area contributed by atoms with Gasteiger partial charge in [0.25, 0.3) is 0 Å². The predicted molar refractivity (Wildman–Crippen MR) is 91.2 cm³/mol. The molecule has 1 amide bonds. The van der Waals surface area contributed by atoms with Crippen LogP contribution in [0.4, 0.5) is 5.82 Å². The molecule has 3 heterocycles. The van der Waals surface area contributed by atoms with Gasteiger partial charge in [-0.15, -0.1) is 0 Å². The van der Waals surface area contributed by atoms with Gasteiger partial charge in [-0.3, -0.25) is 4.79 Å². The van der Waals surface area contributed by atoms with Gasteiger partial charge in [0.15, 0.2) is 0 Å². The van der Waals surface area contributed by atoms with E-state index in [1.807, 2.05) is 22.7 Å². The number of halogens is 2. The average Bonchev–Trinajstić information content (AvgIpc) is 2.97. The molecule has 3 rings (SSSR count). The van der Waals surface area contributed by atoms with Crippen molar-refractivity contribution in [3.05, 3.63) is 21.8 Å². The number of thioether (sulfide) groups is 1. The first kappa shape index (κ1) is 15.4. The zero-order chi connectivity index (χ0) is 14.8. The Labute approximate surface area is 142 Å². The molecule has 21 heavy (non-hydrogen) atoms. The van der Waals surface area contributed by atoms with Crippen LogP contribution in [0.2, 0.25) is 5.02 Å². The maximum Gasteiger partial charge on any atom is 0.227 e. The van der Waals surface area contributed by atoms with Crippen molar-refractivity contribution in [2.45, 2.75) is 6.42 Å². The Morgan fingerprint density at radius 3 is 2.86 bits per heavy atom. The van der Waals surface area contributed by atoms with E-state index in [4.69, 9.17) is 11.6 Å². The molecule has 0 spiro atoms. The van der Waals surface area contributed by atoms with Gasteiger partial charge < -0.3 is 9.80 Å². The Balaban J connectivity index is 1.66. The SMILES string of the molecule is O=C(C1CCN(c2ncc(Br)cc2Cl)C1)N1CCSCC1. The summed E-state index contributed by atoms with van der Waals surface area (Å²) in [6, 6.07) is 1.85. The number of hydrogen-bond donors (Lipinski definition) is 0. The number of nitrogens with zero attached hydrogens (tertiary/aromatic N) is 3. The number of rotatable bonds is 2. The Morgan fingerprint density at radius 2 is 2.14 bits per heavy atom. The highest BCUT2D eigenvalue weighted by Gasteiger charge is 2.33. The maximum absolute atomic E-state index is 12.5. The molecule has 7 heteroatoms. The van der Waals surface area contributed by atoms with E-state index in [0.717, 1.165) is 54.4 Å². The van der Waals surface area contributed by atoms with E-state index in [2.05, 4.69) is 25.8 Å². The minimum atomic E-state index is 0.0783. The lowest BCUT2D eigenvalue weighted by Gasteiger charge is -2.29. The Morgan fingerprint density at radius 1 is 1.38 bits per heavy atom. The predicted octanol–water partition coefficient (Wildman–Crippen LogP) is 2.90. The van der Waals surface area contributed by atoms with Crippen LogP contribution in [0.1, 0.15) is 6.42 Å². The molecule has 0 saturated carbocycles. The summed E-state index contributed by atoms with van der Waals surface area (Å²) in [4.78, 5) is 21.1. The normalized spacial score (nSPS) is 22.7.